The summed E-state index contributed by atoms with van der Waals surface area (Å²) in [5.41, 5.74) is 1.08. The number of aliphatic hydroxyl groups excluding tert-OH is 1. The zero-order valence-corrected chi connectivity index (χ0v) is 18.2. The number of rotatable bonds is 5. The minimum atomic E-state index is -0.281. The van der Waals surface area contributed by atoms with Crippen molar-refractivity contribution in [2.45, 2.75) is 62.9 Å². The van der Waals surface area contributed by atoms with Crippen LogP contribution in [0, 0.1) is 0 Å². The highest BCUT2D eigenvalue weighted by Crippen LogP contribution is 2.29. The number of phenols is 1. The summed E-state index contributed by atoms with van der Waals surface area (Å²) in [5, 5.41) is 22.3. The average Bonchev–Trinajstić information content (AvgIpc) is 3.13. The topological polar surface area (TPSA) is 96.3 Å². The fraction of sp³-hybridized carbons (Fsp3) is 0.652. The molecule has 0 bridgehead atoms. The van der Waals surface area contributed by atoms with Crippen molar-refractivity contribution in [2.24, 2.45) is 0 Å². The van der Waals surface area contributed by atoms with E-state index in [0.717, 1.165) is 24.9 Å². The summed E-state index contributed by atoms with van der Waals surface area (Å²) in [6, 6.07) is 7.21. The first-order valence-corrected chi connectivity index (χ1v) is 11.4. The first kappa shape index (κ1) is 22.0. The lowest BCUT2D eigenvalue weighted by Gasteiger charge is -2.34. The van der Waals surface area contributed by atoms with E-state index in [4.69, 9.17) is 0 Å². The number of likely N-dealkylation sites (N-methyl/N-ethyl adjacent to an activating group) is 1. The predicted octanol–water partition coefficient (Wildman–Crippen LogP) is 0.529. The minimum Gasteiger partial charge on any atom is -0.508 e. The predicted molar refractivity (Wildman–Crippen MR) is 116 cm³/mol. The van der Waals surface area contributed by atoms with Gasteiger partial charge < -0.3 is 20.4 Å². The number of amides is 2. The number of fused-ring (bicyclic) bond motifs is 1. The van der Waals surface area contributed by atoms with Gasteiger partial charge in [-0.1, -0.05) is 12.1 Å². The Kier molecular flexibility index (Phi) is 6.79. The normalized spacial score (nSPS) is 28.3. The van der Waals surface area contributed by atoms with Crippen LogP contribution in [-0.2, 0) is 16.1 Å². The standard InChI is InChI=1S/C23H34N4O4/c1-25-17(4-7-21(30)26-11-8-19(29)9-12-26)14-24-23(31)22-20(25)10-13-27(22)15-16-2-5-18(28)6-3-16/h2-3,5-6,17,19-20,22,28-29H,4,7-15H2,1H3,(H,24,31). The summed E-state index contributed by atoms with van der Waals surface area (Å²) in [6.07, 6.45) is 3.14. The number of aromatic hydroxyl groups is 1. The van der Waals surface area contributed by atoms with Crippen LogP contribution in [0.15, 0.2) is 24.3 Å². The van der Waals surface area contributed by atoms with E-state index in [-0.39, 0.29) is 41.8 Å². The molecule has 31 heavy (non-hydrogen) atoms. The van der Waals surface area contributed by atoms with Crippen molar-refractivity contribution in [3.05, 3.63) is 29.8 Å². The summed E-state index contributed by atoms with van der Waals surface area (Å²) in [7, 11) is 2.08. The average molecular weight is 431 g/mol. The second kappa shape index (κ2) is 9.54. The van der Waals surface area contributed by atoms with E-state index >= 15 is 0 Å². The number of nitrogens with zero attached hydrogens (tertiary/aromatic N) is 3. The van der Waals surface area contributed by atoms with Crippen LogP contribution in [0.5, 0.6) is 5.75 Å². The van der Waals surface area contributed by atoms with Gasteiger partial charge in [0.05, 0.1) is 6.10 Å². The molecular formula is C23H34N4O4. The summed E-state index contributed by atoms with van der Waals surface area (Å²) in [6.45, 7) is 3.34. The van der Waals surface area contributed by atoms with Gasteiger partial charge in [-0.15, -0.1) is 0 Å². The van der Waals surface area contributed by atoms with Crippen LogP contribution in [0.2, 0.25) is 0 Å². The Hall–Kier alpha value is -2.16. The van der Waals surface area contributed by atoms with Crippen molar-refractivity contribution >= 4 is 11.8 Å². The molecule has 0 aromatic heterocycles. The quantitative estimate of drug-likeness (QED) is 0.631. The van der Waals surface area contributed by atoms with Crippen LogP contribution in [-0.4, -0.2) is 94.2 Å². The Morgan fingerprint density at radius 3 is 2.55 bits per heavy atom. The molecule has 4 rings (SSSR count). The molecule has 8 heteroatoms. The van der Waals surface area contributed by atoms with Gasteiger partial charge in [0.2, 0.25) is 11.8 Å². The summed E-state index contributed by atoms with van der Waals surface area (Å²) < 4.78 is 0. The number of aliphatic hydroxyl groups is 1. The molecule has 1 aromatic carbocycles. The lowest BCUT2D eigenvalue weighted by molar-refractivity contribution is -0.133. The third-order valence-electron chi connectivity index (χ3n) is 7.18. The molecule has 3 N–H and O–H groups in total. The molecule has 8 nitrogen and oxygen atoms in total. The van der Waals surface area contributed by atoms with Gasteiger partial charge in [-0.05, 0) is 50.4 Å². The first-order chi connectivity index (χ1) is 14.9. The Bertz CT molecular complexity index is 778. The van der Waals surface area contributed by atoms with Crippen LogP contribution >= 0.6 is 0 Å². The molecule has 0 radical (unpaired) electrons. The maximum absolute atomic E-state index is 12.9. The highest BCUT2D eigenvalue weighted by Gasteiger charge is 2.45. The highest BCUT2D eigenvalue weighted by molar-refractivity contribution is 5.83. The SMILES string of the molecule is CN1C(CCC(=O)N2CCC(O)CC2)CNC(=O)C2C1CCN2Cc1ccc(O)cc1. The van der Waals surface area contributed by atoms with Crippen molar-refractivity contribution in [1.29, 1.82) is 0 Å². The van der Waals surface area contributed by atoms with E-state index in [0.29, 0.717) is 45.4 Å². The lowest BCUT2D eigenvalue weighted by Crippen LogP contribution is -2.49. The van der Waals surface area contributed by atoms with Gasteiger partial charge >= 0.3 is 0 Å². The molecule has 3 unspecified atom stereocenters. The smallest absolute Gasteiger partial charge is 0.239 e. The van der Waals surface area contributed by atoms with Crippen molar-refractivity contribution in [3.63, 3.8) is 0 Å². The first-order valence-electron chi connectivity index (χ1n) is 11.4. The molecule has 170 valence electrons. The van der Waals surface area contributed by atoms with Gasteiger partial charge in [0, 0.05) is 51.2 Å². The van der Waals surface area contributed by atoms with Crippen molar-refractivity contribution < 1.29 is 19.8 Å². The molecule has 0 spiro atoms. The second-order valence-corrected chi connectivity index (χ2v) is 9.15. The molecular weight excluding hydrogens is 396 g/mol. The van der Waals surface area contributed by atoms with Gasteiger partial charge in [0.1, 0.15) is 11.8 Å². The van der Waals surface area contributed by atoms with Gasteiger partial charge in [0.15, 0.2) is 0 Å². The van der Waals surface area contributed by atoms with Crippen LogP contribution in [0.4, 0.5) is 0 Å². The molecule has 2 amide bonds. The van der Waals surface area contributed by atoms with E-state index in [1.54, 1.807) is 12.1 Å². The second-order valence-electron chi connectivity index (χ2n) is 9.15. The Labute approximate surface area is 183 Å². The van der Waals surface area contributed by atoms with Gasteiger partial charge in [-0.3, -0.25) is 19.4 Å². The van der Waals surface area contributed by atoms with Crippen LogP contribution < -0.4 is 5.32 Å². The number of hydrogen-bond acceptors (Lipinski definition) is 6. The number of carbonyl (C=O) groups is 2. The molecule has 3 fully saturated rings. The summed E-state index contributed by atoms with van der Waals surface area (Å²) in [5.74, 6) is 0.452. The highest BCUT2D eigenvalue weighted by atomic mass is 16.3. The Morgan fingerprint density at radius 2 is 1.84 bits per heavy atom. The molecule has 3 aliphatic heterocycles. The van der Waals surface area contributed by atoms with Crippen LogP contribution in [0.1, 0.15) is 37.7 Å². The lowest BCUT2D eigenvalue weighted by atomic mass is 10.0. The molecule has 3 atom stereocenters. The van der Waals surface area contributed by atoms with Gasteiger partial charge in [-0.2, -0.15) is 0 Å². The molecule has 3 heterocycles. The zero-order valence-electron chi connectivity index (χ0n) is 18.2. The monoisotopic (exact) mass is 430 g/mol. The number of likely N-dealkylation sites (tertiary alicyclic amines) is 2. The van der Waals surface area contributed by atoms with Crippen LogP contribution in [0.25, 0.3) is 0 Å². The van der Waals surface area contributed by atoms with Crippen molar-refractivity contribution in [1.82, 2.24) is 20.0 Å². The third-order valence-corrected chi connectivity index (χ3v) is 7.18. The maximum atomic E-state index is 12.9. The number of phenolic OH excluding ortho intramolecular Hbond substituents is 1. The van der Waals surface area contributed by atoms with Gasteiger partial charge in [0.25, 0.3) is 0 Å². The van der Waals surface area contributed by atoms with E-state index in [2.05, 4.69) is 22.2 Å². The minimum absolute atomic E-state index is 0.0620. The largest absolute Gasteiger partial charge is 0.508 e. The Morgan fingerprint density at radius 1 is 1.13 bits per heavy atom. The molecule has 0 saturated carbocycles. The number of hydrogen-bond donors (Lipinski definition) is 3. The van der Waals surface area contributed by atoms with Crippen molar-refractivity contribution in [3.8, 4) is 5.75 Å². The van der Waals surface area contributed by atoms with E-state index in [1.165, 1.54) is 0 Å². The van der Waals surface area contributed by atoms with Crippen LogP contribution in [0.3, 0.4) is 0 Å². The van der Waals surface area contributed by atoms with E-state index < -0.39 is 0 Å². The maximum Gasteiger partial charge on any atom is 0.239 e. The molecule has 3 saturated heterocycles. The number of carbonyl (C=O) groups excluding carboxylic acids is 2. The number of piperidine rings is 1. The van der Waals surface area contributed by atoms with Gasteiger partial charge in [-0.25, -0.2) is 0 Å². The zero-order chi connectivity index (χ0) is 22.0. The third kappa shape index (κ3) is 5.02. The van der Waals surface area contributed by atoms with E-state index in [1.807, 2.05) is 17.0 Å². The Balaban J connectivity index is 1.35. The number of benzene rings is 1. The summed E-state index contributed by atoms with van der Waals surface area (Å²) in [4.78, 5) is 31.9. The summed E-state index contributed by atoms with van der Waals surface area (Å²) >= 11 is 0. The fourth-order valence-electron chi connectivity index (χ4n) is 5.23. The molecule has 0 aliphatic carbocycles. The number of nitrogens with one attached hydrogen (secondary N) is 1. The van der Waals surface area contributed by atoms with E-state index in [9.17, 15) is 19.8 Å². The molecule has 3 aliphatic rings. The van der Waals surface area contributed by atoms with Crippen molar-refractivity contribution in [2.75, 3.05) is 33.2 Å². The molecule has 1 aromatic rings. The fourth-order valence-corrected chi connectivity index (χ4v) is 5.23.